The van der Waals surface area contributed by atoms with Crippen LogP contribution in [-0.4, -0.2) is 18.0 Å². The standard InChI is InChI=1S/C14H17NO3/c1-9-4-3-5-12(8-9)15-13(16)10(2)18-14(17)11-6-7-11/h3-5,8,10-11H,6-7H2,1-2H3,(H,15,16)/t10-/m1/s1. The fourth-order valence-electron chi connectivity index (χ4n) is 1.61. The lowest BCUT2D eigenvalue weighted by atomic mass is 10.2. The number of carbonyl (C=O) groups excluding carboxylic acids is 2. The summed E-state index contributed by atoms with van der Waals surface area (Å²) in [5.74, 6) is -0.546. The summed E-state index contributed by atoms with van der Waals surface area (Å²) in [7, 11) is 0. The average Bonchev–Trinajstić information content (AvgIpc) is 3.12. The molecule has 1 aromatic rings. The van der Waals surface area contributed by atoms with Gasteiger partial charge in [0.1, 0.15) is 0 Å². The zero-order valence-corrected chi connectivity index (χ0v) is 10.6. The molecule has 0 aromatic heterocycles. The topological polar surface area (TPSA) is 55.4 Å². The minimum Gasteiger partial charge on any atom is -0.452 e. The highest BCUT2D eigenvalue weighted by atomic mass is 16.5. The molecular weight excluding hydrogens is 230 g/mol. The second kappa shape index (κ2) is 5.21. The van der Waals surface area contributed by atoms with Crippen LogP contribution in [0.5, 0.6) is 0 Å². The maximum absolute atomic E-state index is 11.8. The van der Waals surface area contributed by atoms with Gasteiger partial charge in [0.15, 0.2) is 6.10 Å². The molecule has 1 aromatic carbocycles. The predicted octanol–water partition coefficient (Wildman–Crippen LogP) is 2.28. The van der Waals surface area contributed by atoms with Crippen molar-refractivity contribution in [3.8, 4) is 0 Å². The Morgan fingerprint density at radius 1 is 1.39 bits per heavy atom. The molecule has 18 heavy (non-hydrogen) atoms. The number of anilines is 1. The van der Waals surface area contributed by atoms with E-state index in [9.17, 15) is 9.59 Å². The van der Waals surface area contributed by atoms with E-state index >= 15 is 0 Å². The Hall–Kier alpha value is -1.84. The van der Waals surface area contributed by atoms with Crippen LogP contribution in [0.15, 0.2) is 24.3 Å². The van der Waals surface area contributed by atoms with Crippen LogP contribution in [0.3, 0.4) is 0 Å². The lowest BCUT2D eigenvalue weighted by Crippen LogP contribution is -2.30. The molecule has 4 heteroatoms. The van der Waals surface area contributed by atoms with Crippen molar-refractivity contribution in [2.24, 2.45) is 5.92 Å². The van der Waals surface area contributed by atoms with Crippen LogP contribution in [0.1, 0.15) is 25.3 Å². The van der Waals surface area contributed by atoms with Gasteiger partial charge in [0, 0.05) is 5.69 Å². The first-order chi connectivity index (χ1) is 8.56. The van der Waals surface area contributed by atoms with Gasteiger partial charge in [-0.2, -0.15) is 0 Å². The van der Waals surface area contributed by atoms with Crippen LogP contribution in [-0.2, 0) is 14.3 Å². The smallest absolute Gasteiger partial charge is 0.309 e. The Bertz CT molecular complexity index is 466. The predicted molar refractivity (Wildman–Crippen MR) is 68.1 cm³/mol. The number of nitrogens with one attached hydrogen (secondary N) is 1. The summed E-state index contributed by atoms with van der Waals surface area (Å²) in [5, 5.41) is 2.73. The van der Waals surface area contributed by atoms with Crippen molar-refractivity contribution >= 4 is 17.6 Å². The monoisotopic (exact) mass is 247 g/mol. The third-order valence-corrected chi connectivity index (χ3v) is 2.86. The highest BCUT2D eigenvalue weighted by molar-refractivity contribution is 5.95. The average molecular weight is 247 g/mol. The van der Waals surface area contributed by atoms with Crippen molar-refractivity contribution in [2.45, 2.75) is 32.8 Å². The summed E-state index contributed by atoms with van der Waals surface area (Å²) in [6.07, 6.45) is 1.01. The molecular formula is C14H17NO3. The third kappa shape index (κ3) is 3.32. The summed E-state index contributed by atoms with van der Waals surface area (Å²) in [6.45, 7) is 3.54. The molecule has 1 fully saturated rings. The molecule has 1 N–H and O–H groups in total. The van der Waals surface area contributed by atoms with Crippen molar-refractivity contribution in [3.63, 3.8) is 0 Å². The first-order valence-corrected chi connectivity index (χ1v) is 6.14. The van der Waals surface area contributed by atoms with Gasteiger partial charge in [0.05, 0.1) is 5.92 Å². The SMILES string of the molecule is Cc1cccc(NC(=O)[C@@H](C)OC(=O)C2CC2)c1. The van der Waals surface area contributed by atoms with Crippen LogP contribution in [0.25, 0.3) is 0 Å². The Labute approximate surface area is 106 Å². The maximum Gasteiger partial charge on any atom is 0.309 e. The van der Waals surface area contributed by atoms with Crippen molar-refractivity contribution in [2.75, 3.05) is 5.32 Å². The van der Waals surface area contributed by atoms with E-state index in [0.717, 1.165) is 18.4 Å². The molecule has 0 spiro atoms. The van der Waals surface area contributed by atoms with Gasteiger partial charge in [0.2, 0.25) is 0 Å². The summed E-state index contributed by atoms with van der Waals surface area (Å²) in [4.78, 5) is 23.2. The molecule has 0 aliphatic heterocycles. The molecule has 0 radical (unpaired) electrons. The quantitative estimate of drug-likeness (QED) is 0.830. The highest BCUT2D eigenvalue weighted by Gasteiger charge is 2.33. The van der Waals surface area contributed by atoms with Gasteiger partial charge in [-0.05, 0) is 44.4 Å². The summed E-state index contributed by atoms with van der Waals surface area (Å²) >= 11 is 0. The number of carbonyl (C=O) groups is 2. The van der Waals surface area contributed by atoms with E-state index in [2.05, 4.69) is 5.32 Å². The number of rotatable bonds is 4. The van der Waals surface area contributed by atoms with Crippen molar-refractivity contribution < 1.29 is 14.3 Å². The van der Waals surface area contributed by atoms with Crippen LogP contribution in [0.2, 0.25) is 0 Å². The molecule has 96 valence electrons. The van der Waals surface area contributed by atoms with Gasteiger partial charge in [0.25, 0.3) is 5.91 Å². The Morgan fingerprint density at radius 3 is 2.72 bits per heavy atom. The second-order valence-electron chi connectivity index (χ2n) is 4.71. The second-order valence-corrected chi connectivity index (χ2v) is 4.71. The van der Waals surface area contributed by atoms with Gasteiger partial charge in [-0.3, -0.25) is 9.59 Å². The van der Waals surface area contributed by atoms with E-state index in [0.29, 0.717) is 5.69 Å². The van der Waals surface area contributed by atoms with Gasteiger partial charge < -0.3 is 10.1 Å². The Balaban J connectivity index is 1.88. The first kappa shape index (κ1) is 12.6. The van der Waals surface area contributed by atoms with Crippen LogP contribution in [0, 0.1) is 12.8 Å². The molecule has 1 aliphatic rings. The number of benzene rings is 1. The van der Waals surface area contributed by atoms with Gasteiger partial charge >= 0.3 is 5.97 Å². The summed E-state index contributed by atoms with van der Waals surface area (Å²) in [5.41, 5.74) is 1.78. The van der Waals surface area contributed by atoms with E-state index in [1.54, 1.807) is 13.0 Å². The number of aryl methyl sites for hydroxylation is 1. The van der Waals surface area contributed by atoms with Gasteiger partial charge in [-0.1, -0.05) is 12.1 Å². The van der Waals surface area contributed by atoms with Crippen molar-refractivity contribution in [1.82, 2.24) is 0 Å². The van der Waals surface area contributed by atoms with Gasteiger partial charge in [-0.15, -0.1) is 0 Å². The largest absolute Gasteiger partial charge is 0.452 e. The van der Waals surface area contributed by atoms with E-state index in [-0.39, 0.29) is 17.8 Å². The highest BCUT2D eigenvalue weighted by Crippen LogP contribution is 2.30. The van der Waals surface area contributed by atoms with Crippen LogP contribution < -0.4 is 5.32 Å². The van der Waals surface area contributed by atoms with Crippen molar-refractivity contribution in [3.05, 3.63) is 29.8 Å². The molecule has 1 aliphatic carbocycles. The number of esters is 1. The normalized spacial score (nSPS) is 15.9. The Morgan fingerprint density at radius 2 is 2.11 bits per heavy atom. The lowest BCUT2D eigenvalue weighted by Gasteiger charge is -2.13. The van der Waals surface area contributed by atoms with Crippen molar-refractivity contribution in [1.29, 1.82) is 0 Å². The number of hydrogen-bond acceptors (Lipinski definition) is 3. The molecule has 1 amide bonds. The van der Waals surface area contributed by atoms with Crippen LogP contribution in [0.4, 0.5) is 5.69 Å². The minimum atomic E-state index is -0.751. The zero-order chi connectivity index (χ0) is 13.1. The van der Waals surface area contributed by atoms with E-state index in [1.807, 2.05) is 25.1 Å². The molecule has 0 bridgehead atoms. The molecule has 4 nitrogen and oxygen atoms in total. The number of hydrogen-bond donors (Lipinski definition) is 1. The van der Waals surface area contributed by atoms with E-state index in [4.69, 9.17) is 4.74 Å². The molecule has 0 heterocycles. The van der Waals surface area contributed by atoms with Crippen LogP contribution >= 0.6 is 0 Å². The maximum atomic E-state index is 11.8. The third-order valence-electron chi connectivity index (χ3n) is 2.86. The van der Waals surface area contributed by atoms with E-state index in [1.165, 1.54) is 0 Å². The fraction of sp³-hybridized carbons (Fsp3) is 0.429. The molecule has 0 unspecified atom stereocenters. The first-order valence-electron chi connectivity index (χ1n) is 6.14. The summed E-state index contributed by atoms with van der Waals surface area (Å²) < 4.78 is 5.09. The molecule has 1 saturated carbocycles. The zero-order valence-electron chi connectivity index (χ0n) is 10.6. The molecule has 1 atom stereocenters. The Kier molecular flexibility index (Phi) is 3.65. The summed E-state index contributed by atoms with van der Waals surface area (Å²) in [6, 6.07) is 7.49. The minimum absolute atomic E-state index is 0.0132. The number of ether oxygens (including phenoxy) is 1. The van der Waals surface area contributed by atoms with Gasteiger partial charge in [-0.25, -0.2) is 0 Å². The lowest BCUT2D eigenvalue weighted by molar-refractivity contribution is -0.154. The fourth-order valence-corrected chi connectivity index (χ4v) is 1.61. The number of amides is 1. The molecule has 2 rings (SSSR count). The molecule has 0 saturated heterocycles. The van der Waals surface area contributed by atoms with E-state index < -0.39 is 6.10 Å².